The highest BCUT2D eigenvalue weighted by molar-refractivity contribution is 5.91. The van der Waals surface area contributed by atoms with Gasteiger partial charge in [0.05, 0.1) is 18.8 Å². The van der Waals surface area contributed by atoms with Gasteiger partial charge in [-0.3, -0.25) is 9.59 Å². The lowest BCUT2D eigenvalue weighted by molar-refractivity contribution is -0.153. The minimum absolute atomic E-state index is 0.290. The van der Waals surface area contributed by atoms with Crippen molar-refractivity contribution >= 4 is 11.9 Å². The Labute approximate surface area is 134 Å². The molecule has 0 rings (SSSR count). The molecule has 0 aromatic heterocycles. The SMILES string of the molecule is C=CC(C)(O)CCC=C(C)C.CCOC(=O)CC(=O)OCC. The number of ether oxygens (including phenoxy) is 2. The van der Waals surface area contributed by atoms with Crippen molar-refractivity contribution in [3.63, 3.8) is 0 Å². The van der Waals surface area contributed by atoms with Crippen LogP contribution >= 0.6 is 0 Å². The first-order chi connectivity index (χ1) is 10.2. The minimum Gasteiger partial charge on any atom is -0.466 e. The summed E-state index contributed by atoms with van der Waals surface area (Å²) in [6.07, 6.45) is 5.09. The van der Waals surface area contributed by atoms with Gasteiger partial charge in [-0.25, -0.2) is 0 Å². The fourth-order valence-corrected chi connectivity index (χ4v) is 1.30. The number of hydrogen-bond donors (Lipinski definition) is 1. The quantitative estimate of drug-likeness (QED) is 0.423. The summed E-state index contributed by atoms with van der Waals surface area (Å²) in [5, 5.41) is 9.49. The average Bonchev–Trinajstić information content (AvgIpc) is 2.39. The van der Waals surface area contributed by atoms with Crippen molar-refractivity contribution in [2.24, 2.45) is 0 Å². The lowest BCUT2D eigenvalue weighted by Crippen LogP contribution is -2.19. The molecule has 0 aromatic rings. The van der Waals surface area contributed by atoms with Crippen LogP contribution in [0.3, 0.4) is 0 Å². The molecule has 128 valence electrons. The molecule has 0 aliphatic rings. The Bertz CT molecular complexity index is 349. The summed E-state index contributed by atoms with van der Waals surface area (Å²) in [4.78, 5) is 21.2. The van der Waals surface area contributed by atoms with Crippen molar-refractivity contribution in [1.82, 2.24) is 0 Å². The molecule has 0 aliphatic heterocycles. The van der Waals surface area contributed by atoms with Gasteiger partial charge in [0, 0.05) is 0 Å². The Morgan fingerprint density at radius 2 is 1.59 bits per heavy atom. The van der Waals surface area contributed by atoms with Crippen LogP contribution in [0.2, 0.25) is 0 Å². The van der Waals surface area contributed by atoms with Crippen LogP contribution < -0.4 is 0 Å². The van der Waals surface area contributed by atoms with Gasteiger partial charge in [0.25, 0.3) is 0 Å². The zero-order valence-corrected chi connectivity index (χ0v) is 14.5. The molecule has 22 heavy (non-hydrogen) atoms. The maximum absolute atomic E-state index is 10.6. The van der Waals surface area contributed by atoms with Crippen LogP contribution in [0.1, 0.15) is 53.9 Å². The topological polar surface area (TPSA) is 72.8 Å². The number of esters is 2. The number of hydrogen-bond acceptors (Lipinski definition) is 5. The van der Waals surface area contributed by atoms with Gasteiger partial charge in [0.1, 0.15) is 6.42 Å². The Morgan fingerprint density at radius 3 is 1.91 bits per heavy atom. The van der Waals surface area contributed by atoms with Crippen molar-refractivity contribution in [3.8, 4) is 0 Å². The Balaban J connectivity index is 0. The van der Waals surface area contributed by atoms with Crippen molar-refractivity contribution in [1.29, 1.82) is 0 Å². The molecule has 0 radical (unpaired) electrons. The van der Waals surface area contributed by atoms with E-state index in [1.165, 1.54) is 5.57 Å². The predicted molar refractivity (Wildman–Crippen MR) is 87.4 cm³/mol. The summed E-state index contributed by atoms with van der Waals surface area (Å²) in [7, 11) is 0. The molecule has 1 atom stereocenters. The van der Waals surface area contributed by atoms with Gasteiger partial charge in [0.15, 0.2) is 0 Å². The highest BCUT2D eigenvalue weighted by Gasteiger charge is 2.12. The molecule has 0 fully saturated rings. The van der Waals surface area contributed by atoms with Gasteiger partial charge in [-0.15, -0.1) is 6.58 Å². The van der Waals surface area contributed by atoms with Crippen LogP contribution in [0, 0.1) is 0 Å². The molecule has 0 saturated carbocycles. The highest BCUT2D eigenvalue weighted by Crippen LogP contribution is 2.13. The van der Waals surface area contributed by atoms with Gasteiger partial charge >= 0.3 is 11.9 Å². The third-order valence-electron chi connectivity index (χ3n) is 2.54. The number of carbonyl (C=O) groups excluding carboxylic acids is 2. The Hall–Kier alpha value is -1.62. The molecule has 5 heteroatoms. The van der Waals surface area contributed by atoms with E-state index < -0.39 is 17.5 Å². The van der Waals surface area contributed by atoms with Crippen LogP contribution in [0.5, 0.6) is 0 Å². The molecule has 0 heterocycles. The van der Waals surface area contributed by atoms with Crippen LogP contribution in [-0.4, -0.2) is 35.9 Å². The normalized spacial score (nSPS) is 12.1. The molecular formula is C17H30O5. The third kappa shape index (κ3) is 16.4. The summed E-state index contributed by atoms with van der Waals surface area (Å²) < 4.78 is 9.04. The third-order valence-corrected chi connectivity index (χ3v) is 2.54. The van der Waals surface area contributed by atoms with Crippen LogP contribution in [0.4, 0.5) is 0 Å². The summed E-state index contributed by atoms with van der Waals surface area (Å²) in [6.45, 7) is 13.4. The molecule has 0 aliphatic carbocycles. The second-order valence-corrected chi connectivity index (χ2v) is 5.17. The van der Waals surface area contributed by atoms with Crippen molar-refractivity contribution in [2.75, 3.05) is 13.2 Å². The summed E-state index contributed by atoms with van der Waals surface area (Å²) in [6, 6.07) is 0. The minimum atomic E-state index is -0.702. The largest absolute Gasteiger partial charge is 0.466 e. The standard InChI is InChI=1S/C10H18O.C7H12O4/c1-5-10(4,11)8-6-7-9(2)3;1-3-10-6(8)5-7(9)11-4-2/h5,7,11H,1,6,8H2,2-4H3;3-5H2,1-2H3. The van der Waals surface area contributed by atoms with Crippen molar-refractivity contribution < 1.29 is 24.2 Å². The number of carbonyl (C=O) groups is 2. The lowest BCUT2D eigenvalue weighted by Gasteiger charge is -2.16. The van der Waals surface area contributed by atoms with E-state index in [-0.39, 0.29) is 19.6 Å². The zero-order chi connectivity index (χ0) is 17.6. The molecule has 5 nitrogen and oxygen atoms in total. The second-order valence-electron chi connectivity index (χ2n) is 5.17. The average molecular weight is 314 g/mol. The zero-order valence-electron chi connectivity index (χ0n) is 14.5. The van der Waals surface area contributed by atoms with Crippen LogP contribution in [0.25, 0.3) is 0 Å². The molecule has 0 bridgehead atoms. The summed E-state index contributed by atoms with van der Waals surface area (Å²) in [5.41, 5.74) is 0.594. The van der Waals surface area contributed by atoms with Crippen LogP contribution in [0.15, 0.2) is 24.3 Å². The fourth-order valence-electron chi connectivity index (χ4n) is 1.30. The monoisotopic (exact) mass is 314 g/mol. The first-order valence-electron chi connectivity index (χ1n) is 7.49. The smallest absolute Gasteiger partial charge is 0.317 e. The van der Waals surface area contributed by atoms with Crippen molar-refractivity contribution in [3.05, 3.63) is 24.3 Å². The number of rotatable bonds is 8. The molecule has 0 spiro atoms. The van der Waals surface area contributed by atoms with Gasteiger partial charge < -0.3 is 14.6 Å². The first kappa shape index (κ1) is 22.7. The molecule has 0 amide bonds. The maximum Gasteiger partial charge on any atom is 0.317 e. The highest BCUT2D eigenvalue weighted by atomic mass is 16.5. The van der Waals surface area contributed by atoms with Gasteiger partial charge in [0.2, 0.25) is 0 Å². The summed E-state index contributed by atoms with van der Waals surface area (Å²) in [5.74, 6) is -1.07. The van der Waals surface area contributed by atoms with Gasteiger partial charge in [-0.05, 0) is 47.5 Å². The maximum atomic E-state index is 10.6. The van der Waals surface area contributed by atoms with E-state index >= 15 is 0 Å². The number of aliphatic hydroxyl groups is 1. The Kier molecular flexibility index (Phi) is 13.5. The number of allylic oxidation sites excluding steroid dienone is 2. The van der Waals surface area contributed by atoms with E-state index in [4.69, 9.17) is 0 Å². The second kappa shape index (κ2) is 13.1. The molecule has 0 saturated heterocycles. The Morgan fingerprint density at radius 1 is 1.14 bits per heavy atom. The van der Waals surface area contributed by atoms with E-state index in [1.54, 1.807) is 26.8 Å². The molecule has 1 unspecified atom stereocenters. The van der Waals surface area contributed by atoms with E-state index in [0.29, 0.717) is 0 Å². The van der Waals surface area contributed by atoms with E-state index in [1.807, 2.05) is 0 Å². The molecule has 1 N–H and O–H groups in total. The predicted octanol–water partition coefficient (Wildman–Crippen LogP) is 3.17. The van der Waals surface area contributed by atoms with E-state index in [0.717, 1.165) is 12.8 Å². The van der Waals surface area contributed by atoms with E-state index in [2.05, 4.69) is 36.0 Å². The first-order valence-corrected chi connectivity index (χ1v) is 7.49. The van der Waals surface area contributed by atoms with E-state index in [9.17, 15) is 14.7 Å². The van der Waals surface area contributed by atoms with Crippen molar-refractivity contribution in [2.45, 2.75) is 59.5 Å². The van der Waals surface area contributed by atoms with Gasteiger partial charge in [-0.2, -0.15) is 0 Å². The lowest BCUT2D eigenvalue weighted by atomic mass is 10.00. The fraction of sp³-hybridized carbons (Fsp3) is 0.647. The van der Waals surface area contributed by atoms with Crippen LogP contribution in [-0.2, 0) is 19.1 Å². The molecular weight excluding hydrogens is 284 g/mol. The van der Waals surface area contributed by atoms with Gasteiger partial charge in [-0.1, -0.05) is 17.7 Å². The molecule has 0 aromatic carbocycles. The summed E-state index contributed by atoms with van der Waals surface area (Å²) >= 11 is 0.